The van der Waals surface area contributed by atoms with Crippen LogP contribution in [0.3, 0.4) is 0 Å². The lowest BCUT2D eigenvalue weighted by Gasteiger charge is -2.37. The van der Waals surface area contributed by atoms with Gasteiger partial charge in [0.05, 0.1) is 26.7 Å². The Balaban J connectivity index is -0.000000317. The van der Waals surface area contributed by atoms with Crippen molar-refractivity contribution in [2.75, 3.05) is 26.7 Å². The third-order valence-electron chi connectivity index (χ3n) is 3.20. The predicted octanol–water partition coefficient (Wildman–Crippen LogP) is 3.48. The van der Waals surface area contributed by atoms with Crippen LogP contribution in [0.5, 0.6) is 0 Å². The number of rotatable bonds is 3. The van der Waals surface area contributed by atoms with Crippen LogP contribution in [-0.2, 0) is 23.1 Å². The average molecular weight is 436 g/mol. The molecule has 1 aliphatic heterocycles. The van der Waals surface area contributed by atoms with E-state index in [0.717, 1.165) is 0 Å². The number of unbranched alkanes of at least 4 members (excludes halogenated alkanes) is 1. The minimum atomic E-state index is -5.52. The maximum atomic E-state index is 10.7. The molecule has 1 saturated heterocycles. The summed E-state index contributed by atoms with van der Waals surface area (Å²) in [6.45, 7) is 6.56. The summed E-state index contributed by atoms with van der Waals surface area (Å²) < 4.78 is 98.5. The van der Waals surface area contributed by atoms with Gasteiger partial charge in [-0.25, -0.2) is 0 Å². The average Bonchev–Trinajstić information content (AvgIpc) is 2.44. The molecule has 0 bridgehead atoms. The van der Waals surface area contributed by atoms with E-state index in [1.807, 2.05) is 0 Å². The first kappa shape index (κ1) is 29.9. The Morgan fingerprint density at radius 3 is 1.42 bits per heavy atom. The zero-order valence-corrected chi connectivity index (χ0v) is 15.9. The summed E-state index contributed by atoms with van der Waals surface area (Å²) in [7, 11) is 2.43. The minimum absolute atomic E-state index is 0.542. The summed E-state index contributed by atoms with van der Waals surface area (Å²) >= 11 is -1.50. The predicted molar refractivity (Wildman–Crippen MR) is 82.9 cm³/mol. The van der Waals surface area contributed by atoms with Crippen molar-refractivity contribution < 1.29 is 47.7 Å². The Kier molecular flexibility index (Phi) is 18.8. The van der Waals surface area contributed by atoms with Gasteiger partial charge >= 0.3 is 35.7 Å². The molecule has 0 aromatic carbocycles. The number of piperidine rings is 1. The summed E-state index contributed by atoms with van der Waals surface area (Å²) in [4.78, 5) is 0. The molecular formula is C12H22F6N2O4S2. The van der Waals surface area contributed by atoms with E-state index in [4.69, 9.17) is 16.8 Å². The van der Waals surface area contributed by atoms with Crippen molar-refractivity contribution in [1.29, 1.82) is 0 Å². The molecule has 0 spiro atoms. The Labute approximate surface area is 155 Å². The van der Waals surface area contributed by atoms with Gasteiger partial charge in [-0.05, 0) is 25.7 Å². The second-order valence-corrected chi connectivity index (χ2v) is 5.66. The second-order valence-electron chi connectivity index (χ2n) is 5.39. The normalized spacial score (nSPS) is 15.7. The molecule has 0 aliphatic carbocycles. The van der Waals surface area contributed by atoms with E-state index in [1.54, 1.807) is 0 Å². The number of likely N-dealkylation sites (tertiary alicyclic amines) is 1. The van der Waals surface area contributed by atoms with Crippen LogP contribution in [0.25, 0.3) is 5.32 Å². The molecular weight excluding hydrogens is 414 g/mol. The highest BCUT2D eigenvalue weighted by Crippen LogP contribution is 2.34. The Bertz CT molecular complexity index is 393. The van der Waals surface area contributed by atoms with Gasteiger partial charge in [-0.2, -0.15) is 43.2 Å². The highest BCUT2D eigenvalue weighted by Gasteiger charge is 2.27. The standard InChI is InChI=1S/C10H22N.C2F6N.2O2S/c1-3-4-8-11(2)9-6-5-7-10-11;3-1(4,5)9-2(6,7)8;2*1-3-2/h3-10H2,1-2H3;;;/q+1;-1;;. The highest BCUT2D eigenvalue weighted by molar-refractivity contribution is 7.51. The summed E-state index contributed by atoms with van der Waals surface area (Å²) in [6, 6.07) is 0. The molecule has 0 aromatic heterocycles. The number of hydrogen-bond donors (Lipinski definition) is 0. The molecule has 0 radical (unpaired) electrons. The number of hydrogen-bond acceptors (Lipinski definition) is 4. The molecule has 0 aromatic rings. The fourth-order valence-corrected chi connectivity index (χ4v) is 2.18. The van der Waals surface area contributed by atoms with E-state index in [0.29, 0.717) is 5.32 Å². The zero-order valence-electron chi connectivity index (χ0n) is 14.3. The molecule has 1 rings (SSSR count). The molecule has 14 heteroatoms. The maximum Gasteiger partial charge on any atom is 0.335 e. The van der Waals surface area contributed by atoms with E-state index in [2.05, 4.69) is 14.0 Å². The molecule has 0 atom stereocenters. The second kappa shape index (κ2) is 16.3. The number of nitrogens with zero attached hydrogens (tertiary/aromatic N) is 2. The molecule has 0 unspecified atom stereocenters. The maximum absolute atomic E-state index is 10.7. The van der Waals surface area contributed by atoms with E-state index >= 15 is 0 Å². The van der Waals surface area contributed by atoms with Crippen LogP contribution in [0.1, 0.15) is 39.0 Å². The van der Waals surface area contributed by atoms with Gasteiger partial charge in [0.2, 0.25) is 0 Å². The smallest absolute Gasteiger partial charge is 0.335 e. The highest BCUT2D eigenvalue weighted by atomic mass is 32.1. The van der Waals surface area contributed by atoms with Gasteiger partial charge < -0.3 is 9.80 Å². The van der Waals surface area contributed by atoms with Gasteiger partial charge in [-0.1, -0.05) is 13.3 Å². The van der Waals surface area contributed by atoms with Crippen molar-refractivity contribution in [3.05, 3.63) is 5.32 Å². The van der Waals surface area contributed by atoms with Crippen LogP contribution in [0.4, 0.5) is 26.3 Å². The Morgan fingerprint density at radius 1 is 0.846 bits per heavy atom. The van der Waals surface area contributed by atoms with Crippen LogP contribution in [-0.4, -0.2) is 60.6 Å². The molecule has 1 heterocycles. The number of alkyl halides is 6. The molecule has 0 amide bonds. The van der Waals surface area contributed by atoms with Crippen LogP contribution < -0.4 is 0 Å². The fourth-order valence-electron chi connectivity index (χ4n) is 2.18. The van der Waals surface area contributed by atoms with Crippen molar-refractivity contribution in [2.45, 2.75) is 51.6 Å². The number of quaternary nitrogens is 1. The fraction of sp³-hybridized carbons (Fsp3) is 1.00. The largest absolute Gasteiger partial charge is 0.478 e. The monoisotopic (exact) mass is 436 g/mol. The summed E-state index contributed by atoms with van der Waals surface area (Å²) in [5.41, 5.74) is 0. The van der Waals surface area contributed by atoms with Gasteiger partial charge in [0.25, 0.3) is 0 Å². The number of halogens is 6. The van der Waals surface area contributed by atoms with Crippen molar-refractivity contribution >= 4 is 23.1 Å². The van der Waals surface area contributed by atoms with Crippen LogP contribution in [0.2, 0.25) is 0 Å². The van der Waals surface area contributed by atoms with Gasteiger partial charge in [-0.15, -0.1) is 0 Å². The quantitative estimate of drug-likeness (QED) is 0.385. The van der Waals surface area contributed by atoms with Gasteiger partial charge in [0.1, 0.15) is 0 Å². The van der Waals surface area contributed by atoms with Crippen molar-refractivity contribution in [3.8, 4) is 0 Å². The van der Waals surface area contributed by atoms with Crippen LogP contribution in [0, 0.1) is 0 Å². The van der Waals surface area contributed by atoms with Gasteiger partial charge in [0.15, 0.2) is 0 Å². The van der Waals surface area contributed by atoms with Crippen molar-refractivity contribution in [1.82, 2.24) is 0 Å². The molecule has 1 aliphatic rings. The summed E-state index contributed by atoms with van der Waals surface area (Å²) in [5, 5.41) is 0.542. The van der Waals surface area contributed by atoms with Crippen LogP contribution >= 0.6 is 0 Å². The lowest BCUT2D eigenvalue weighted by molar-refractivity contribution is -0.914. The van der Waals surface area contributed by atoms with E-state index in [9.17, 15) is 26.3 Å². The summed E-state index contributed by atoms with van der Waals surface area (Å²) in [5.74, 6) is 0. The summed E-state index contributed by atoms with van der Waals surface area (Å²) in [6.07, 6.45) is -3.87. The zero-order chi connectivity index (χ0) is 21.3. The Morgan fingerprint density at radius 2 is 1.19 bits per heavy atom. The first-order valence-electron chi connectivity index (χ1n) is 7.35. The molecule has 0 saturated carbocycles. The topological polar surface area (TPSA) is 82.4 Å². The third-order valence-corrected chi connectivity index (χ3v) is 3.20. The molecule has 0 N–H and O–H groups in total. The molecule has 26 heavy (non-hydrogen) atoms. The Hall–Kier alpha value is -0.860. The first-order valence-corrected chi connectivity index (χ1v) is 8.68. The molecule has 1 fully saturated rings. The molecule has 6 nitrogen and oxygen atoms in total. The van der Waals surface area contributed by atoms with E-state index < -0.39 is 35.7 Å². The van der Waals surface area contributed by atoms with Crippen molar-refractivity contribution in [2.24, 2.45) is 0 Å². The van der Waals surface area contributed by atoms with Gasteiger partial charge in [-0.3, -0.25) is 0 Å². The minimum Gasteiger partial charge on any atom is -0.478 e. The lowest BCUT2D eigenvalue weighted by atomic mass is 10.1. The van der Waals surface area contributed by atoms with Crippen LogP contribution in [0.15, 0.2) is 0 Å². The van der Waals surface area contributed by atoms with Gasteiger partial charge in [0, 0.05) is 0 Å². The first-order chi connectivity index (χ1) is 11.8. The van der Waals surface area contributed by atoms with Crippen molar-refractivity contribution in [3.63, 3.8) is 0 Å². The van der Waals surface area contributed by atoms with E-state index in [1.165, 1.54) is 56.2 Å². The molecule has 158 valence electrons. The SMILES string of the molecule is CCCC[N+]1(C)CCCCC1.FC(F)(F)[N-]C(F)(F)F.O=S=O.O=S=O. The lowest BCUT2D eigenvalue weighted by Crippen LogP contribution is -2.48. The third kappa shape index (κ3) is 28.0. The van der Waals surface area contributed by atoms with E-state index in [-0.39, 0.29) is 0 Å².